The van der Waals surface area contributed by atoms with Gasteiger partial charge in [-0.05, 0) is 65.6 Å². The van der Waals surface area contributed by atoms with E-state index in [2.05, 4.69) is 17.2 Å². The van der Waals surface area contributed by atoms with Gasteiger partial charge in [-0.1, -0.05) is 25.1 Å². The molecule has 2 aromatic carbocycles. The fraction of sp³-hybridized carbons (Fsp3) is 0.238. The first kappa shape index (κ1) is 15.8. The van der Waals surface area contributed by atoms with Gasteiger partial charge in [-0.25, -0.2) is 9.37 Å². The van der Waals surface area contributed by atoms with Crippen molar-refractivity contribution in [2.75, 3.05) is 5.32 Å². The van der Waals surface area contributed by atoms with Crippen LogP contribution in [0.5, 0.6) is 0 Å². The van der Waals surface area contributed by atoms with Gasteiger partial charge in [0.05, 0.1) is 0 Å². The SMILES string of the molecule is Cc1ccc(F)cc1-c1ccc2cc(NC(=O)[C@@H]3C[C@H]3C)ncc2c1. The van der Waals surface area contributed by atoms with Crippen LogP contribution in [0.1, 0.15) is 18.9 Å². The molecule has 1 N–H and O–H groups in total. The predicted octanol–water partition coefficient (Wildman–Crippen LogP) is 4.94. The van der Waals surface area contributed by atoms with Crippen molar-refractivity contribution in [3.05, 3.63) is 60.0 Å². The van der Waals surface area contributed by atoms with E-state index >= 15 is 0 Å². The minimum Gasteiger partial charge on any atom is -0.310 e. The average Bonchev–Trinajstić information content (AvgIpc) is 3.33. The number of amides is 1. The second-order valence-electron chi connectivity index (χ2n) is 6.90. The lowest BCUT2D eigenvalue weighted by molar-refractivity contribution is -0.117. The van der Waals surface area contributed by atoms with Gasteiger partial charge in [0.25, 0.3) is 0 Å². The molecule has 3 nitrogen and oxygen atoms in total. The van der Waals surface area contributed by atoms with Gasteiger partial charge in [-0.15, -0.1) is 0 Å². The molecule has 1 aromatic heterocycles. The van der Waals surface area contributed by atoms with Crippen LogP contribution in [0, 0.1) is 24.6 Å². The zero-order chi connectivity index (χ0) is 17.6. The highest BCUT2D eigenvalue weighted by Crippen LogP contribution is 2.38. The van der Waals surface area contributed by atoms with Crippen LogP contribution >= 0.6 is 0 Å². The fourth-order valence-corrected chi connectivity index (χ4v) is 3.19. The van der Waals surface area contributed by atoms with E-state index < -0.39 is 0 Å². The molecule has 0 spiro atoms. The van der Waals surface area contributed by atoms with Crippen LogP contribution in [-0.4, -0.2) is 10.9 Å². The molecule has 4 heteroatoms. The third-order valence-corrected chi connectivity index (χ3v) is 4.93. The molecule has 0 unspecified atom stereocenters. The number of halogens is 1. The molecule has 1 amide bonds. The summed E-state index contributed by atoms with van der Waals surface area (Å²) in [6.45, 7) is 4.04. The van der Waals surface area contributed by atoms with Crippen LogP contribution in [0.4, 0.5) is 10.2 Å². The van der Waals surface area contributed by atoms with E-state index in [1.165, 1.54) is 6.07 Å². The minimum atomic E-state index is -0.244. The molecule has 25 heavy (non-hydrogen) atoms. The van der Waals surface area contributed by atoms with Gasteiger partial charge in [0.2, 0.25) is 5.91 Å². The number of fused-ring (bicyclic) bond motifs is 1. The van der Waals surface area contributed by atoms with Crippen molar-refractivity contribution in [3.63, 3.8) is 0 Å². The Morgan fingerprint density at radius 3 is 2.72 bits per heavy atom. The maximum Gasteiger partial charge on any atom is 0.228 e. The van der Waals surface area contributed by atoms with E-state index in [1.54, 1.807) is 18.3 Å². The summed E-state index contributed by atoms with van der Waals surface area (Å²) < 4.78 is 13.6. The topological polar surface area (TPSA) is 42.0 Å². The number of nitrogens with zero attached hydrogens (tertiary/aromatic N) is 1. The maximum atomic E-state index is 13.6. The number of benzene rings is 2. The van der Waals surface area contributed by atoms with E-state index in [4.69, 9.17) is 0 Å². The van der Waals surface area contributed by atoms with E-state index in [0.717, 1.165) is 33.9 Å². The van der Waals surface area contributed by atoms with Crippen LogP contribution in [0.25, 0.3) is 21.9 Å². The van der Waals surface area contributed by atoms with Crippen molar-refractivity contribution in [3.8, 4) is 11.1 Å². The molecule has 3 aromatic rings. The molecule has 4 rings (SSSR count). The standard InChI is InChI=1S/C21H19FN2O/c1-12-3-6-17(22)10-18(12)15-5-4-14-9-20(23-11-16(14)8-15)24-21(25)19-7-13(19)2/h3-6,8-11,13,19H,7H2,1-2H3,(H,23,24,25)/t13-,19-/m1/s1. The zero-order valence-electron chi connectivity index (χ0n) is 14.2. The van der Waals surface area contributed by atoms with Crippen molar-refractivity contribution in [2.45, 2.75) is 20.3 Å². The number of hydrogen-bond acceptors (Lipinski definition) is 2. The van der Waals surface area contributed by atoms with Gasteiger partial charge in [0, 0.05) is 17.5 Å². The molecule has 1 saturated carbocycles. The van der Waals surface area contributed by atoms with Crippen molar-refractivity contribution in [2.24, 2.45) is 11.8 Å². The lowest BCUT2D eigenvalue weighted by Crippen LogP contribution is -2.15. The molecule has 1 heterocycles. The van der Waals surface area contributed by atoms with E-state index in [0.29, 0.717) is 11.7 Å². The third-order valence-electron chi connectivity index (χ3n) is 4.93. The summed E-state index contributed by atoms with van der Waals surface area (Å²) in [6, 6.07) is 12.6. The third kappa shape index (κ3) is 3.12. The van der Waals surface area contributed by atoms with E-state index in [1.807, 2.05) is 31.2 Å². The minimum absolute atomic E-state index is 0.0476. The largest absolute Gasteiger partial charge is 0.310 e. The second-order valence-corrected chi connectivity index (χ2v) is 6.90. The normalized spacial score (nSPS) is 19.0. The number of pyridine rings is 1. The van der Waals surface area contributed by atoms with Crippen LogP contribution in [-0.2, 0) is 4.79 Å². The van der Waals surface area contributed by atoms with Crippen LogP contribution in [0.2, 0.25) is 0 Å². The summed E-state index contributed by atoms with van der Waals surface area (Å²) in [5, 5.41) is 4.84. The number of hydrogen-bond donors (Lipinski definition) is 1. The Kier molecular flexibility index (Phi) is 3.75. The number of rotatable bonds is 3. The van der Waals surface area contributed by atoms with Gasteiger partial charge in [0.1, 0.15) is 11.6 Å². The average molecular weight is 334 g/mol. The summed E-state index contributed by atoms with van der Waals surface area (Å²) in [5.74, 6) is 0.970. The molecule has 2 atom stereocenters. The van der Waals surface area contributed by atoms with Crippen molar-refractivity contribution in [1.82, 2.24) is 4.98 Å². The Hall–Kier alpha value is -2.75. The number of aryl methyl sites for hydroxylation is 1. The fourth-order valence-electron chi connectivity index (χ4n) is 3.19. The summed E-state index contributed by atoms with van der Waals surface area (Å²) in [5.41, 5.74) is 2.85. The van der Waals surface area contributed by atoms with Crippen molar-refractivity contribution < 1.29 is 9.18 Å². The molecule has 1 fully saturated rings. The van der Waals surface area contributed by atoms with Crippen LogP contribution in [0.15, 0.2) is 48.7 Å². The first-order valence-corrected chi connectivity index (χ1v) is 8.48. The first-order valence-electron chi connectivity index (χ1n) is 8.48. The Labute approximate surface area is 145 Å². The van der Waals surface area contributed by atoms with Gasteiger partial charge in [0.15, 0.2) is 0 Å². The summed E-state index contributed by atoms with van der Waals surface area (Å²) in [7, 11) is 0. The molecule has 0 saturated heterocycles. The molecular weight excluding hydrogens is 315 g/mol. The number of carbonyl (C=O) groups is 1. The molecule has 126 valence electrons. The van der Waals surface area contributed by atoms with Gasteiger partial charge >= 0.3 is 0 Å². The van der Waals surface area contributed by atoms with Crippen molar-refractivity contribution >= 4 is 22.5 Å². The number of anilines is 1. The Bertz CT molecular complexity index is 983. The van der Waals surface area contributed by atoms with Gasteiger partial charge < -0.3 is 5.32 Å². The zero-order valence-corrected chi connectivity index (χ0v) is 14.2. The summed E-state index contributed by atoms with van der Waals surface area (Å²) in [6.07, 6.45) is 2.70. The Morgan fingerprint density at radius 1 is 1.16 bits per heavy atom. The quantitative estimate of drug-likeness (QED) is 0.737. The summed E-state index contributed by atoms with van der Waals surface area (Å²) in [4.78, 5) is 16.4. The number of carbonyl (C=O) groups excluding carboxylic acids is 1. The highest BCUT2D eigenvalue weighted by Gasteiger charge is 2.39. The van der Waals surface area contributed by atoms with E-state index in [9.17, 15) is 9.18 Å². The lowest BCUT2D eigenvalue weighted by atomic mass is 9.98. The molecule has 1 aliphatic rings. The molecule has 1 aliphatic carbocycles. The van der Waals surface area contributed by atoms with Crippen molar-refractivity contribution in [1.29, 1.82) is 0 Å². The van der Waals surface area contributed by atoms with Crippen LogP contribution < -0.4 is 5.32 Å². The second kappa shape index (κ2) is 5.96. The Morgan fingerprint density at radius 2 is 1.96 bits per heavy atom. The maximum absolute atomic E-state index is 13.6. The smallest absolute Gasteiger partial charge is 0.228 e. The predicted molar refractivity (Wildman–Crippen MR) is 97.8 cm³/mol. The molecule has 0 aliphatic heterocycles. The monoisotopic (exact) mass is 334 g/mol. The first-order chi connectivity index (χ1) is 12.0. The Balaban J connectivity index is 1.64. The van der Waals surface area contributed by atoms with Gasteiger partial charge in [-0.3, -0.25) is 4.79 Å². The highest BCUT2D eigenvalue weighted by molar-refractivity contribution is 5.96. The summed E-state index contributed by atoms with van der Waals surface area (Å²) >= 11 is 0. The van der Waals surface area contributed by atoms with Crippen LogP contribution in [0.3, 0.4) is 0 Å². The number of nitrogens with one attached hydrogen (secondary N) is 1. The molecule has 0 radical (unpaired) electrons. The highest BCUT2D eigenvalue weighted by atomic mass is 19.1. The van der Waals surface area contributed by atoms with Gasteiger partial charge in [-0.2, -0.15) is 0 Å². The number of aromatic nitrogens is 1. The molecule has 0 bridgehead atoms. The van der Waals surface area contributed by atoms with E-state index in [-0.39, 0.29) is 17.6 Å². The lowest BCUT2D eigenvalue weighted by Gasteiger charge is -2.09. The molecular formula is C21H19FN2O.